The fourth-order valence-electron chi connectivity index (χ4n) is 3.25. The highest BCUT2D eigenvalue weighted by Gasteiger charge is 2.37. The molecule has 0 aliphatic heterocycles. The van der Waals surface area contributed by atoms with Gasteiger partial charge in [0.15, 0.2) is 0 Å². The van der Waals surface area contributed by atoms with Gasteiger partial charge in [-0.3, -0.25) is 0 Å². The van der Waals surface area contributed by atoms with Crippen LogP contribution in [0.15, 0.2) is 18.2 Å². The average Bonchev–Trinajstić information content (AvgIpc) is 2.78. The molecule has 1 aliphatic carbocycles. The second-order valence-corrected chi connectivity index (χ2v) is 5.88. The van der Waals surface area contributed by atoms with E-state index in [2.05, 4.69) is 18.3 Å². The molecule has 1 aromatic carbocycles. The number of benzene rings is 1. The van der Waals surface area contributed by atoms with Gasteiger partial charge in [0.2, 0.25) is 0 Å². The van der Waals surface area contributed by atoms with Crippen LogP contribution in [0.2, 0.25) is 5.02 Å². The molecule has 2 rings (SSSR count). The van der Waals surface area contributed by atoms with Crippen molar-refractivity contribution in [2.75, 3.05) is 14.2 Å². The van der Waals surface area contributed by atoms with E-state index in [0.29, 0.717) is 16.5 Å². The first-order chi connectivity index (χ1) is 8.60. The Labute approximate surface area is 115 Å². The van der Waals surface area contributed by atoms with E-state index in [1.165, 1.54) is 31.2 Å². The van der Waals surface area contributed by atoms with Crippen LogP contribution in [0.1, 0.15) is 44.2 Å². The van der Waals surface area contributed by atoms with Gasteiger partial charge in [-0.05, 0) is 43.0 Å². The lowest BCUT2D eigenvalue weighted by Crippen LogP contribution is -2.32. The van der Waals surface area contributed by atoms with Crippen molar-refractivity contribution in [1.82, 2.24) is 5.32 Å². The predicted molar refractivity (Wildman–Crippen MR) is 76.4 cm³/mol. The molecule has 0 amide bonds. The molecule has 1 unspecified atom stereocenters. The number of hydrogen-bond acceptors (Lipinski definition) is 2. The third kappa shape index (κ3) is 2.50. The van der Waals surface area contributed by atoms with Crippen molar-refractivity contribution < 1.29 is 4.74 Å². The highest BCUT2D eigenvalue weighted by Crippen LogP contribution is 2.47. The van der Waals surface area contributed by atoms with Gasteiger partial charge in [-0.1, -0.05) is 37.4 Å². The molecule has 1 aliphatic rings. The number of nitrogens with one attached hydrogen (secondary N) is 1. The van der Waals surface area contributed by atoms with Crippen molar-refractivity contribution in [1.29, 1.82) is 0 Å². The molecule has 0 aromatic heterocycles. The van der Waals surface area contributed by atoms with Gasteiger partial charge < -0.3 is 10.1 Å². The van der Waals surface area contributed by atoms with Gasteiger partial charge in [-0.25, -0.2) is 0 Å². The summed E-state index contributed by atoms with van der Waals surface area (Å²) in [6.45, 7) is 2.37. The van der Waals surface area contributed by atoms with Crippen LogP contribution in [-0.4, -0.2) is 14.2 Å². The maximum Gasteiger partial charge on any atom is 0.137 e. The highest BCUT2D eigenvalue weighted by molar-refractivity contribution is 6.32. The van der Waals surface area contributed by atoms with Crippen molar-refractivity contribution in [2.24, 2.45) is 5.41 Å². The van der Waals surface area contributed by atoms with Gasteiger partial charge in [-0.15, -0.1) is 0 Å². The monoisotopic (exact) mass is 267 g/mol. The molecule has 1 aromatic rings. The van der Waals surface area contributed by atoms with Gasteiger partial charge in [0, 0.05) is 6.04 Å². The number of halogens is 1. The summed E-state index contributed by atoms with van der Waals surface area (Å²) in [5, 5.41) is 4.16. The van der Waals surface area contributed by atoms with E-state index < -0.39 is 0 Å². The van der Waals surface area contributed by atoms with Crippen molar-refractivity contribution in [3.05, 3.63) is 28.8 Å². The van der Waals surface area contributed by atoms with Crippen LogP contribution in [-0.2, 0) is 0 Å². The van der Waals surface area contributed by atoms with Crippen LogP contribution in [0.5, 0.6) is 5.75 Å². The van der Waals surface area contributed by atoms with E-state index in [9.17, 15) is 0 Å². The van der Waals surface area contributed by atoms with E-state index in [-0.39, 0.29) is 0 Å². The molecule has 2 nitrogen and oxygen atoms in total. The SMILES string of the molecule is CNC(c1ccc(OC)c(Cl)c1)C1(C)CCCC1. The minimum absolute atomic E-state index is 0.340. The van der Waals surface area contributed by atoms with Crippen LogP contribution in [0.4, 0.5) is 0 Å². The topological polar surface area (TPSA) is 21.3 Å². The summed E-state index contributed by atoms with van der Waals surface area (Å²) >= 11 is 6.23. The van der Waals surface area contributed by atoms with E-state index in [0.717, 1.165) is 5.75 Å². The van der Waals surface area contributed by atoms with Crippen LogP contribution < -0.4 is 10.1 Å². The van der Waals surface area contributed by atoms with E-state index in [1.54, 1.807) is 7.11 Å². The van der Waals surface area contributed by atoms with E-state index in [1.807, 2.05) is 19.2 Å². The summed E-state index contributed by atoms with van der Waals surface area (Å²) in [5.74, 6) is 0.742. The molecule has 0 radical (unpaired) electrons. The van der Waals surface area contributed by atoms with Gasteiger partial charge in [0.05, 0.1) is 12.1 Å². The molecular weight excluding hydrogens is 246 g/mol. The van der Waals surface area contributed by atoms with E-state index >= 15 is 0 Å². The van der Waals surface area contributed by atoms with Gasteiger partial charge in [-0.2, -0.15) is 0 Å². The Morgan fingerprint density at radius 3 is 2.50 bits per heavy atom. The standard InChI is InChI=1S/C15H22ClNO/c1-15(8-4-5-9-15)14(17-2)11-6-7-13(18-3)12(16)10-11/h6-7,10,14,17H,4-5,8-9H2,1-3H3. The smallest absolute Gasteiger partial charge is 0.137 e. The van der Waals surface area contributed by atoms with Gasteiger partial charge >= 0.3 is 0 Å². The van der Waals surface area contributed by atoms with Crippen LogP contribution >= 0.6 is 11.6 Å². The summed E-state index contributed by atoms with van der Waals surface area (Å²) in [7, 11) is 3.68. The van der Waals surface area contributed by atoms with E-state index in [4.69, 9.17) is 16.3 Å². The zero-order valence-electron chi connectivity index (χ0n) is 11.4. The van der Waals surface area contributed by atoms with Crippen LogP contribution in [0, 0.1) is 5.41 Å². The molecule has 100 valence electrons. The summed E-state index contributed by atoms with van der Waals surface area (Å²) in [4.78, 5) is 0. The Balaban J connectivity index is 2.30. The number of ether oxygens (including phenoxy) is 1. The lowest BCUT2D eigenvalue weighted by atomic mass is 9.77. The van der Waals surface area contributed by atoms with Crippen LogP contribution in [0.3, 0.4) is 0 Å². The molecule has 1 fully saturated rings. The first-order valence-corrected chi connectivity index (χ1v) is 6.99. The number of hydrogen-bond donors (Lipinski definition) is 1. The largest absolute Gasteiger partial charge is 0.495 e. The zero-order valence-corrected chi connectivity index (χ0v) is 12.2. The Kier molecular flexibility index (Phi) is 4.18. The van der Waals surface area contributed by atoms with Gasteiger partial charge in [0.25, 0.3) is 0 Å². The maximum atomic E-state index is 6.23. The fourth-order valence-corrected chi connectivity index (χ4v) is 3.52. The van der Waals surface area contributed by atoms with Crippen molar-refractivity contribution in [2.45, 2.75) is 38.6 Å². The highest BCUT2D eigenvalue weighted by atomic mass is 35.5. The summed E-state index contributed by atoms with van der Waals surface area (Å²) in [6.07, 6.45) is 5.22. The Morgan fingerprint density at radius 1 is 1.33 bits per heavy atom. The lowest BCUT2D eigenvalue weighted by molar-refractivity contribution is 0.233. The fraction of sp³-hybridized carbons (Fsp3) is 0.600. The molecule has 1 atom stereocenters. The maximum absolute atomic E-state index is 6.23. The molecule has 0 spiro atoms. The summed E-state index contributed by atoms with van der Waals surface area (Å²) < 4.78 is 5.21. The summed E-state index contributed by atoms with van der Waals surface area (Å²) in [6, 6.07) is 6.48. The second kappa shape index (κ2) is 5.50. The molecule has 0 heterocycles. The first-order valence-electron chi connectivity index (χ1n) is 6.61. The second-order valence-electron chi connectivity index (χ2n) is 5.48. The molecular formula is C15H22ClNO. The Hall–Kier alpha value is -0.730. The quantitative estimate of drug-likeness (QED) is 0.883. The van der Waals surface area contributed by atoms with Crippen molar-refractivity contribution >= 4 is 11.6 Å². The predicted octanol–water partition coefficient (Wildman–Crippen LogP) is 4.19. The summed E-state index contributed by atoms with van der Waals surface area (Å²) in [5.41, 5.74) is 1.60. The molecule has 18 heavy (non-hydrogen) atoms. The molecule has 1 saturated carbocycles. The number of rotatable bonds is 4. The molecule has 0 saturated heterocycles. The average molecular weight is 268 g/mol. The zero-order chi connectivity index (χ0) is 13.2. The normalized spacial score (nSPS) is 19.8. The third-order valence-electron chi connectivity index (χ3n) is 4.24. The number of methoxy groups -OCH3 is 1. The third-order valence-corrected chi connectivity index (χ3v) is 4.54. The Morgan fingerprint density at radius 2 is 2.00 bits per heavy atom. The molecule has 1 N–H and O–H groups in total. The van der Waals surface area contributed by atoms with Crippen molar-refractivity contribution in [3.63, 3.8) is 0 Å². The van der Waals surface area contributed by atoms with Crippen molar-refractivity contribution in [3.8, 4) is 5.75 Å². The van der Waals surface area contributed by atoms with Gasteiger partial charge in [0.1, 0.15) is 5.75 Å². The molecule has 0 bridgehead atoms. The minimum atomic E-state index is 0.340. The molecule has 3 heteroatoms. The Bertz CT molecular complexity index is 413. The lowest BCUT2D eigenvalue weighted by Gasteiger charge is -2.34. The van der Waals surface area contributed by atoms with Crippen LogP contribution in [0.25, 0.3) is 0 Å². The first kappa shape index (κ1) is 13.7. The minimum Gasteiger partial charge on any atom is -0.495 e.